The highest BCUT2D eigenvalue weighted by Gasteiger charge is 2.22. The highest BCUT2D eigenvalue weighted by Crippen LogP contribution is 2.19. The van der Waals surface area contributed by atoms with Gasteiger partial charge in [0, 0.05) is 36.6 Å². The molecular weight excluding hydrogens is 262 g/mol. The summed E-state index contributed by atoms with van der Waals surface area (Å²) < 4.78 is 0. The fraction of sp³-hybridized carbons (Fsp3) is 0.412. The van der Waals surface area contributed by atoms with Crippen molar-refractivity contribution in [1.82, 2.24) is 15.6 Å². The van der Waals surface area contributed by atoms with Crippen LogP contribution in [0.4, 0.5) is 0 Å². The third kappa shape index (κ3) is 3.79. The second-order valence-electron chi connectivity index (χ2n) is 5.71. The minimum absolute atomic E-state index is 0.153. The number of amides is 1. The molecule has 1 amide bonds. The highest BCUT2D eigenvalue weighted by molar-refractivity contribution is 5.82. The van der Waals surface area contributed by atoms with E-state index in [1.54, 1.807) is 0 Å². The average Bonchev–Trinajstić information content (AvgIpc) is 3.27. The fourth-order valence-electron chi connectivity index (χ4n) is 2.49. The molecule has 0 spiro atoms. The van der Waals surface area contributed by atoms with Crippen molar-refractivity contribution in [2.24, 2.45) is 0 Å². The van der Waals surface area contributed by atoms with Crippen molar-refractivity contribution in [3.8, 4) is 0 Å². The summed E-state index contributed by atoms with van der Waals surface area (Å²) >= 11 is 0. The highest BCUT2D eigenvalue weighted by atomic mass is 16.1. The summed E-state index contributed by atoms with van der Waals surface area (Å²) in [5.41, 5.74) is 3.29. The van der Waals surface area contributed by atoms with Crippen LogP contribution in [-0.2, 0) is 11.3 Å². The van der Waals surface area contributed by atoms with Crippen molar-refractivity contribution >= 4 is 16.8 Å². The summed E-state index contributed by atoms with van der Waals surface area (Å²) in [5.74, 6) is 0.153. The summed E-state index contributed by atoms with van der Waals surface area (Å²) in [4.78, 5) is 16.2. The smallest absolute Gasteiger partial charge is 0.221 e. The minimum atomic E-state index is 0.153. The van der Waals surface area contributed by atoms with Gasteiger partial charge in [0.15, 0.2) is 0 Å². The number of carbonyl (C=O) groups excluding carboxylic acids is 1. The first kappa shape index (κ1) is 14.0. The molecule has 0 unspecified atom stereocenters. The van der Waals surface area contributed by atoms with Crippen molar-refractivity contribution < 1.29 is 4.79 Å². The van der Waals surface area contributed by atoms with Crippen LogP contribution in [0.1, 0.15) is 30.5 Å². The monoisotopic (exact) mass is 283 g/mol. The number of hydrogen-bond donors (Lipinski definition) is 2. The van der Waals surface area contributed by atoms with Crippen LogP contribution in [0.25, 0.3) is 10.9 Å². The Morgan fingerprint density at radius 1 is 1.33 bits per heavy atom. The Hall–Kier alpha value is -1.94. The molecule has 1 aliphatic carbocycles. The first-order chi connectivity index (χ1) is 10.2. The zero-order valence-electron chi connectivity index (χ0n) is 12.4. The van der Waals surface area contributed by atoms with E-state index in [4.69, 9.17) is 0 Å². The second-order valence-corrected chi connectivity index (χ2v) is 5.71. The van der Waals surface area contributed by atoms with E-state index in [0.29, 0.717) is 19.0 Å². The van der Waals surface area contributed by atoms with E-state index >= 15 is 0 Å². The number of fused-ring (bicyclic) bond motifs is 1. The maximum absolute atomic E-state index is 11.6. The van der Waals surface area contributed by atoms with E-state index in [1.807, 2.05) is 25.1 Å². The van der Waals surface area contributed by atoms with Crippen LogP contribution in [0.15, 0.2) is 30.3 Å². The van der Waals surface area contributed by atoms with Crippen LogP contribution in [0, 0.1) is 6.92 Å². The molecular formula is C17H21N3O. The zero-order valence-corrected chi connectivity index (χ0v) is 12.4. The molecule has 4 heteroatoms. The second kappa shape index (κ2) is 6.22. The lowest BCUT2D eigenvalue weighted by atomic mass is 10.1. The third-order valence-corrected chi connectivity index (χ3v) is 3.72. The molecule has 4 nitrogen and oxygen atoms in total. The van der Waals surface area contributed by atoms with E-state index in [0.717, 1.165) is 30.6 Å². The van der Waals surface area contributed by atoms with Crippen LogP contribution in [0.2, 0.25) is 0 Å². The molecule has 2 N–H and O–H groups in total. The van der Waals surface area contributed by atoms with Crippen LogP contribution in [-0.4, -0.2) is 23.5 Å². The standard InChI is InChI=1S/C17H21N3O/c1-12-10-13(15-4-2-3-5-16(15)19-12)11-18-9-8-17(21)20-14-6-7-14/h2-5,10,14,18H,6-9,11H2,1H3,(H,20,21). The van der Waals surface area contributed by atoms with Crippen LogP contribution in [0.5, 0.6) is 0 Å². The number of nitrogens with zero attached hydrogens (tertiary/aromatic N) is 1. The summed E-state index contributed by atoms with van der Waals surface area (Å²) in [7, 11) is 0. The SMILES string of the molecule is Cc1cc(CNCCC(=O)NC2CC2)c2ccccc2n1. The normalized spacial score (nSPS) is 14.3. The predicted octanol–water partition coefficient (Wildman–Crippen LogP) is 2.30. The van der Waals surface area contributed by atoms with E-state index in [2.05, 4.69) is 27.8 Å². The maximum Gasteiger partial charge on any atom is 0.221 e. The van der Waals surface area contributed by atoms with Gasteiger partial charge in [-0.1, -0.05) is 18.2 Å². The van der Waals surface area contributed by atoms with Gasteiger partial charge in [-0.15, -0.1) is 0 Å². The Balaban J connectivity index is 1.56. The molecule has 1 aliphatic rings. The van der Waals surface area contributed by atoms with Crippen molar-refractivity contribution in [1.29, 1.82) is 0 Å². The van der Waals surface area contributed by atoms with Crippen molar-refractivity contribution in [3.05, 3.63) is 41.6 Å². The van der Waals surface area contributed by atoms with Gasteiger partial charge in [-0.05, 0) is 37.5 Å². The molecule has 1 aromatic carbocycles. The fourth-order valence-corrected chi connectivity index (χ4v) is 2.49. The van der Waals surface area contributed by atoms with Gasteiger partial charge < -0.3 is 10.6 Å². The number of aryl methyl sites for hydroxylation is 1. The van der Waals surface area contributed by atoms with Gasteiger partial charge in [0.05, 0.1) is 5.52 Å². The topological polar surface area (TPSA) is 54.0 Å². The molecule has 1 aromatic heterocycles. The minimum Gasteiger partial charge on any atom is -0.353 e. The Kier molecular flexibility index (Phi) is 4.15. The first-order valence-electron chi connectivity index (χ1n) is 7.58. The van der Waals surface area contributed by atoms with E-state index in [1.165, 1.54) is 10.9 Å². The number of hydrogen-bond acceptors (Lipinski definition) is 3. The van der Waals surface area contributed by atoms with Gasteiger partial charge in [0.2, 0.25) is 5.91 Å². The molecule has 2 aromatic rings. The molecule has 0 radical (unpaired) electrons. The number of rotatable bonds is 6. The van der Waals surface area contributed by atoms with Gasteiger partial charge in [0.1, 0.15) is 0 Å². The van der Waals surface area contributed by atoms with Crippen molar-refractivity contribution in [3.63, 3.8) is 0 Å². The Morgan fingerprint density at radius 3 is 2.95 bits per heavy atom. The number of nitrogens with one attached hydrogen (secondary N) is 2. The lowest BCUT2D eigenvalue weighted by Gasteiger charge is -2.09. The van der Waals surface area contributed by atoms with Gasteiger partial charge >= 0.3 is 0 Å². The van der Waals surface area contributed by atoms with Crippen molar-refractivity contribution in [2.75, 3.05) is 6.54 Å². The molecule has 110 valence electrons. The van der Waals surface area contributed by atoms with Crippen molar-refractivity contribution in [2.45, 2.75) is 38.8 Å². The summed E-state index contributed by atoms with van der Waals surface area (Å²) in [6.45, 7) is 3.48. The third-order valence-electron chi connectivity index (χ3n) is 3.72. The van der Waals surface area contributed by atoms with Gasteiger partial charge in [-0.2, -0.15) is 0 Å². The van der Waals surface area contributed by atoms with Crippen LogP contribution < -0.4 is 10.6 Å². The molecule has 1 heterocycles. The quantitative estimate of drug-likeness (QED) is 0.800. The first-order valence-corrected chi connectivity index (χ1v) is 7.58. The van der Waals surface area contributed by atoms with E-state index in [-0.39, 0.29) is 5.91 Å². The van der Waals surface area contributed by atoms with Gasteiger partial charge in [-0.3, -0.25) is 9.78 Å². The van der Waals surface area contributed by atoms with E-state index < -0.39 is 0 Å². The summed E-state index contributed by atoms with van der Waals surface area (Å²) in [6, 6.07) is 10.7. The van der Waals surface area contributed by atoms with Crippen LogP contribution in [0.3, 0.4) is 0 Å². The number of benzene rings is 1. The Labute approximate surface area is 125 Å². The molecule has 1 fully saturated rings. The Bertz CT molecular complexity index is 650. The number of aromatic nitrogens is 1. The summed E-state index contributed by atoms with van der Waals surface area (Å²) in [6.07, 6.45) is 2.82. The molecule has 3 rings (SSSR count). The Morgan fingerprint density at radius 2 is 2.14 bits per heavy atom. The summed E-state index contributed by atoms with van der Waals surface area (Å²) in [5, 5.41) is 7.54. The molecule has 0 atom stereocenters. The van der Waals surface area contributed by atoms with E-state index in [9.17, 15) is 4.79 Å². The molecule has 21 heavy (non-hydrogen) atoms. The zero-order chi connectivity index (χ0) is 14.7. The van der Waals surface area contributed by atoms with Crippen LogP contribution >= 0.6 is 0 Å². The lowest BCUT2D eigenvalue weighted by molar-refractivity contribution is -0.121. The van der Waals surface area contributed by atoms with Gasteiger partial charge in [0.25, 0.3) is 0 Å². The lowest BCUT2D eigenvalue weighted by Crippen LogP contribution is -2.29. The average molecular weight is 283 g/mol. The number of carbonyl (C=O) groups is 1. The molecule has 0 bridgehead atoms. The number of pyridine rings is 1. The molecule has 0 aliphatic heterocycles. The molecule has 0 saturated heterocycles. The number of para-hydroxylation sites is 1. The largest absolute Gasteiger partial charge is 0.353 e. The molecule has 1 saturated carbocycles. The maximum atomic E-state index is 11.6. The predicted molar refractivity (Wildman–Crippen MR) is 84.0 cm³/mol. The van der Waals surface area contributed by atoms with Gasteiger partial charge in [-0.25, -0.2) is 0 Å².